The normalized spacial score (nSPS) is 11.0. The molecule has 100 heavy (non-hydrogen) atoms. The highest BCUT2D eigenvalue weighted by Crippen LogP contribution is 2.42. The van der Waals surface area contributed by atoms with Gasteiger partial charge in [0.05, 0.1) is 0 Å². The van der Waals surface area contributed by atoms with Crippen molar-refractivity contribution in [3.8, 4) is 100 Å². The number of benzene rings is 17. The molecule has 17 aromatic rings. The van der Waals surface area contributed by atoms with Crippen molar-refractivity contribution in [2.45, 2.75) is 0 Å². The van der Waals surface area contributed by atoms with Gasteiger partial charge in [-0.15, -0.1) is 0 Å². The average Bonchev–Trinajstić information content (AvgIpc) is 0.798. The summed E-state index contributed by atoms with van der Waals surface area (Å²) in [7, 11) is 0. The van der Waals surface area contributed by atoms with Gasteiger partial charge in [-0.3, -0.25) is 0 Å². The van der Waals surface area contributed by atoms with E-state index >= 15 is 0 Å². The van der Waals surface area contributed by atoms with Crippen molar-refractivity contribution in [3.63, 3.8) is 0 Å². The lowest BCUT2D eigenvalue weighted by Gasteiger charge is -2.26. The maximum Gasteiger partial charge on any atom is 0.0462 e. The van der Waals surface area contributed by atoms with Crippen LogP contribution < -0.4 is 9.80 Å². The molecule has 0 aromatic heterocycles. The summed E-state index contributed by atoms with van der Waals surface area (Å²) in [6, 6.07) is 153. The van der Waals surface area contributed by atoms with Gasteiger partial charge in [0.2, 0.25) is 0 Å². The van der Waals surface area contributed by atoms with Crippen LogP contribution >= 0.6 is 0 Å². The number of nitrogens with zero attached hydrogens (tertiary/aromatic N) is 2. The summed E-state index contributed by atoms with van der Waals surface area (Å²) in [6.07, 6.45) is 0. The number of fused-ring (bicyclic) bond motifs is 2. The highest BCUT2D eigenvalue weighted by molar-refractivity contribution is 5.91. The Kier molecular flexibility index (Phi) is 17.7. The molecule has 0 saturated heterocycles. The summed E-state index contributed by atoms with van der Waals surface area (Å²) in [4.78, 5) is 4.68. The minimum atomic E-state index is 1.10. The summed E-state index contributed by atoms with van der Waals surface area (Å²) >= 11 is 0. The number of hydrogen-bond acceptors (Lipinski definition) is 2. The average molecular weight is 1280 g/mol. The fourth-order valence-corrected chi connectivity index (χ4v) is 13.6. The van der Waals surface area contributed by atoms with Crippen molar-refractivity contribution in [2.75, 3.05) is 9.80 Å². The van der Waals surface area contributed by atoms with Crippen molar-refractivity contribution in [2.24, 2.45) is 0 Å². The quantitative estimate of drug-likeness (QED) is 0.101. The van der Waals surface area contributed by atoms with Gasteiger partial charge in [-0.25, -0.2) is 0 Å². The molecule has 0 saturated carbocycles. The second-order valence-electron chi connectivity index (χ2n) is 25.3. The smallest absolute Gasteiger partial charge is 0.0462 e. The largest absolute Gasteiger partial charge is 0.311 e. The molecular formula is C98H70N2. The Morgan fingerprint density at radius 2 is 0.260 bits per heavy atom. The first-order valence-corrected chi connectivity index (χ1v) is 34.3. The zero-order valence-corrected chi connectivity index (χ0v) is 55.3. The first-order valence-electron chi connectivity index (χ1n) is 34.3. The molecule has 0 aliphatic rings. The van der Waals surface area contributed by atoms with Crippen molar-refractivity contribution < 1.29 is 0 Å². The fourth-order valence-electron chi connectivity index (χ4n) is 13.6. The molecule has 0 spiro atoms. The van der Waals surface area contributed by atoms with Crippen molar-refractivity contribution >= 4 is 55.7 Å². The van der Waals surface area contributed by atoms with Crippen molar-refractivity contribution in [3.05, 3.63) is 425 Å². The lowest BCUT2D eigenvalue weighted by molar-refractivity contribution is 1.28. The summed E-state index contributed by atoms with van der Waals surface area (Å²) in [5, 5.41) is 5.01. The van der Waals surface area contributed by atoms with E-state index in [1.807, 2.05) is 0 Å². The van der Waals surface area contributed by atoms with Crippen LogP contribution in [0.4, 0.5) is 34.1 Å². The molecule has 0 aliphatic carbocycles. The molecule has 0 fully saturated rings. The highest BCUT2D eigenvalue weighted by Gasteiger charge is 2.17. The lowest BCUT2D eigenvalue weighted by atomic mass is 9.98. The highest BCUT2D eigenvalue weighted by atomic mass is 15.1. The van der Waals surface area contributed by atoms with Gasteiger partial charge >= 0.3 is 0 Å². The van der Waals surface area contributed by atoms with Crippen LogP contribution in [-0.4, -0.2) is 0 Å². The van der Waals surface area contributed by atoms with E-state index in [-0.39, 0.29) is 0 Å². The van der Waals surface area contributed by atoms with Crippen LogP contribution in [0.15, 0.2) is 425 Å². The lowest BCUT2D eigenvalue weighted by Crippen LogP contribution is -2.09. The van der Waals surface area contributed by atoms with Gasteiger partial charge in [0.15, 0.2) is 0 Å². The van der Waals surface area contributed by atoms with E-state index in [2.05, 4.69) is 434 Å². The van der Waals surface area contributed by atoms with E-state index in [4.69, 9.17) is 0 Å². The van der Waals surface area contributed by atoms with E-state index in [1.165, 1.54) is 122 Å². The van der Waals surface area contributed by atoms with Gasteiger partial charge in [0.25, 0.3) is 0 Å². The van der Waals surface area contributed by atoms with Crippen LogP contribution in [0.25, 0.3) is 122 Å². The summed E-state index contributed by atoms with van der Waals surface area (Å²) in [6.45, 7) is 0. The number of hydrogen-bond donors (Lipinski definition) is 0. The van der Waals surface area contributed by atoms with Gasteiger partial charge in [0, 0.05) is 34.1 Å². The van der Waals surface area contributed by atoms with Crippen molar-refractivity contribution in [1.82, 2.24) is 0 Å². The molecule has 0 amide bonds. The number of anilines is 6. The van der Waals surface area contributed by atoms with E-state index in [9.17, 15) is 0 Å². The van der Waals surface area contributed by atoms with Gasteiger partial charge in [-0.1, -0.05) is 322 Å². The first-order chi connectivity index (χ1) is 49.5. The van der Waals surface area contributed by atoms with Crippen LogP contribution in [0.5, 0.6) is 0 Å². The Hall–Kier alpha value is -13.1. The van der Waals surface area contributed by atoms with Gasteiger partial charge < -0.3 is 9.80 Å². The Labute approximate surface area is 586 Å². The molecule has 0 heterocycles. The Bertz CT molecular complexity index is 5450. The molecule has 17 rings (SSSR count). The minimum Gasteiger partial charge on any atom is -0.311 e. The predicted molar refractivity (Wildman–Crippen MR) is 426 cm³/mol. The van der Waals surface area contributed by atoms with Gasteiger partial charge in [0.1, 0.15) is 0 Å². The summed E-state index contributed by atoms with van der Waals surface area (Å²) in [5.41, 5.74) is 28.4. The van der Waals surface area contributed by atoms with E-state index in [1.54, 1.807) is 0 Å². The van der Waals surface area contributed by atoms with Crippen LogP contribution in [-0.2, 0) is 0 Å². The maximum absolute atomic E-state index is 2.35. The molecule has 0 radical (unpaired) electrons. The van der Waals surface area contributed by atoms with Crippen LogP contribution in [0.3, 0.4) is 0 Å². The van der Waals surface area contributed by atoms with E-state index < -0.39 is 0 Å². The van der Waals surface area contributed by atoms with Crippen LogP contribution in [0.1, 0.15) is 0 Å². The monoisotopic (exact) mass is 1270 g/mol. The number of rotatable bonds is 15. The molecule has 472 valence electrons. The van der Waals surface area contributed by atoms with Crippen molar-refractivity contribution in [1.29, 1.82) is 0 Å². The molecular weight excluding hydrogens is 1210 g/mol. The summed E-state index contributed by atoms with van der Waals surface area (Å²) < 4.78 is 0. The topological polar surface area (TPSA) is 6.48 Å². The summed E-state index contributed by atoms with van der Waals surface area (Å²) in [5.74, 6) is 0. The minimum absolute atomic E-state index is 1.10. The first kappa shape index (κ1) is 61.7. The van der Waals surface area contributed by atoms with Crippen LogP contribution in [0, 0.1) is 0 Å². The second-order valence-corrected chi connectivity index (χ2v) is 25.3. The third kappa shape index (κ3) is 13.7. The standard InChI is InChI=1S/C52H37N.C46H33N/c1-3-11-38(12-4-1)45-17-9-19-47(35-45)41-23-29-50(30-24-41)53(52-33-27-43(28-34-52)49-22-21-40-15-7-8-16-44(40)37-49)51-31-25-42(26-32-51)48-20-10-18-46(36-48)39-13-5-2-6-14-39;1-3-10-34(11-4-1)37-20-26-44(27-21-37)47(46-30-24-39(25-31-46)43-19-18-36-14-7-8-15-40(36)33-43)45-28-22-38(23-29-45)42-17-9-16-41(32-42)35-12-5-2-6-13-35/h1-37H;1-33H. The third-order valence-corrected chi connectivity index (χ3v) is 18.9. The Balaban J connectivity index is 0.000000157. The van der Waals surface area contributed by atoms with E-state index in [0.717, 1.165) is 34.1 Å². The van der Waals surface area contributed by atoms with Gasteiger partial charge in [-0.2, -0.15) is 0 Å². The van der Waals surface area contributed by atoms with E-state index in [0.29, 0.717) is 0 Å². The van der Waals surface area contributed by atoms with Gasteiger partial charge in [-0.05, 0) is 225 Å². The Morgan fingerprint density at radius 3 is 0.500 bits per heavy atom. The zero-order valence-electron chi connectivity index (χ0n) is 55.3. The molecule has 2 nitrogen and oxygen atoms in total. The molecule has 0 atom stereocenters. The molecule has 2 heteroatoms. The molecule has 0 N–H and O–H groups in total. The maximum atomic E-state index is 2.35. The molecule has 0 aliphatic heterocycles. The predicted octanol–water partition coefficient (Wildman–Crippen LogP) is 27.6. The third-order valence-electron chi connectivity index (χ3n) is 18.9. The Morgan fingerprint density at radius 1 is 0.100 bits per heavy atom. The zero-order chi connectivity index (χ0) is 66.8. The second kappa shape index (κ2) is 28.7. The molecule has 17 aromatic carbocycles. The molecule has 0 unspecified atom stereocenters. The van der Waals surface area contributed by atoms with Crippen LogP contribution in [0.2, 0.25) is 0 Å². The fraction of sp³-hybridized carbons (Fsp3) is 0. The molecule has 0 bridgehead atoms. The SMILES string of the molecule is c1ccc(-c2ccc(N(c3ccc(-c4cccc(-c5ccccc5)c4)cc3)c3ccc(-c4ccc5ccccc5c4)cc3)cc2)cc1.c1ccc(-c2cccc(-c3ccc(N(c4ccc(-c5cccc(-c6ccccc6)c5)cc4)c4ccc(-c5ccc6ccccc6c5)cc4)cc3)c2)cc1.